The number of benzene rings is 1. The first kappa shape index (κ1) is 13.1. The number of rotatable bonds is 4. The zero-order valence-corrected chi connectivity index (χ0v) is 11.7. The van der Waals surface area contributed by atoms with Crippen molar-refractivity contribution in [3.05, 3.63) is 24.3 Å². The highest BCUT2D eigenvalue weighted by atomic mass is 16.5. The molecule has 3 N–H and O–H groups in total. The van der Waals surface area contributed by atoms with Gasteiger partial charge in [0.15, 0.2) is 0 Å². The molecule has 0 spiro atoms. The van der Waals surface area contributed by atoms with Crippen LogP contribution < -0.4 is 11.1 Å². The summed E-state index contributed by atoms with van der Waals surface area (Å²) in [4.78, 5) is 8.83. The highest BCUT2D eigenvalue weighted by Crippen LogP contribution is 2.28. The van der Waals surface area contributed by atoms with Crippen LogP contribution in [-0.2, 0) is 4.74 Å². The number of nitrogens with one attached hydrogen (secondary N) is 1. The van der Waals surface area contributed by atoms with Gasteiger partial charge < -0.3 is 15.8 Å². The first-order valence-electron chi connectivity index (χ1n) is 7.07. The third kappa shape index (κ3) is 2.54. The second-order valence-electron chi connectivity index (χ2n) is 5.30. The molecule has 1 aromatic carbocycles. The Morgan fingerprint density at radius 1 is 1.30 bits per heavy atom. The summed E-state index contributed by atoms with van der Waals surface area (Å²) in [5.41, 5.74) is 6.85. The van der Waals surface area contributed by atoms with Crippen LogP contribution >= 0.6 is 0 Å². The van der Waals surface area contributed by atoms with Gasteiger partial charge in [-0.05, 0) is 25.0 Å². The standard InChI is InChI=1S/C15H20N4O/c1-20-13-8-4-5-10(13)9-17-15-18-12-7-3-2-6-11(12)14(16)19-15/h2-3,6-7,10,13H,4-5,8-9H2,1H3,(H3,16,17,18,19). The first-order chi connectivity index (χ1) is 9.78. The van der Waals surface area contributed by atoms with E-state index in [-0.39, 0.29) is 0 Å². The fourth-order valence-corrected chi connectivity index (χ4v) is 2.95. The molecular weight excluding hydrogens is 252 g/mol. The van der Waals surface area contributed by atoms with Crippen LogP contribution in [0.5, 0.6) is 0 Å². The number of nitrogen functional groups attached to an aromatic ring is 1. The van der Waals surface area contributed by atoms with E-state index in [1.807, 2.05) is 24.3 Å². The molecule has 5 nitrogen and oxygen atoms in total. The molecule has 1 fully saturated rings. The second kappa shape index (κ2) is 5.63. The Labute approximate surface area is 118 Å². The van der Waals surface area contributed by atoms with Gasteiger partial charge in [0.25, 0.3) is 0 Å². The number of methoxy groups -OCH3 is 1. The number of nitrogens with two attached hydrogens (primary N) is 1. The number of hydrogen-bond donors (Lipinski definition) is 2. The smallest absolute Gasteiger partial charge is 0.225 e. The van der Waals surface area contributed by atoms with E-state index in [0.29, 0.717) is 23.8 Å². The first-order valence-corrected chi connectivity index (χ1v) is 7.07. The summed E-state index contributed by atoms with van der Waals surface area (Å²) in [7, 11) is 1.79. The lowest BCUT2D eigenvalue weighted by Gasteiger charge is -2.18. The summed E-state index contributed by atoms with van der Waals surface area (Å²) in [5, 5.41) is 4.20. The van der Waals surface area contributed by atoms with Crippen LogP contribution in [0.4, 0.5) is 11.8 Å². The molecule has 5 heteroatoms. The predicted molar refractivity (Wildman–Crippen MR) is 80.6 cm³/mol. The minimum Gasteiger partial charge on any atom is -0.383 e. The predicted octanol–water partition coefficient (Wildman–Crippen LogP) is 2.44. The normalized spacial score (nSPS) is 22.2. The van der Waals surface area contributed by atoms with Crippen molar-refractivity contribution in [2.75, 3.05) is 24.7 Å². The van der Waals surface area contributed by atoms with E-state index in [9.17, 15) is 0 Å². The summed E-state index contributed by atoms with van der Waals surface area (Å²) in [5.74, 6) is 1.65. The molecule has 1 saturated carbocycles. The monoisotopic (exact) mass is 272 g/mol. The molecule has 0 aliphatic heterocycles. The molecule has 0 amide bonds. The zero-order chi connectivity index (χ0) is 13.9. The van der Waals surface area contributed by atoms with Crippen LogP contribution in [0.25, 0.3) is 10.9 Å². The van der Waals surface area contributed by atoms with Gasteiger partial charge in [0, 0.05) is 25.0 Å². The lowest BCUT2D eigenvalue weighted by molar-refractivity contribution is 0.0754. The molecule has 2 atom stereocenters. The van der Waals surface area contributed by atoms with Crippen LogP contribution in [0, 0.1) is 5.92 Å². The van der Waals surface area contributed by atoms with Gasteiger partial charge in [-0.3, -0.25) is 0 Å². The van der Waals surface area contributed by atoms with Gasteiger partial charge in [-0.2, -0.15) is 4.98 Å². The van der Waals surface area contributed by atoms with Crippen LogP contribution in [0.1, 0.15) is 19.3 Å². The van der Waals surface area contributed by atoms with Crippen molar-refractivity contribution < 1.29 is 4.74 Å². The molecule has 2 unspecified atom stereocenters. The van der Waals surface area contributed by atoms with Crippen molar-refractivity contribution >= 4 is 22.7 Å². The highest BCUT2D eigenvalue weighted by Gasteiger charge is 2.26. The fraction of sp³-hybridized carbons (Fsp3) is 0.467. The molecule has 1 aliphatic carbocycles. The Bertz CT molecular complexity index is 601. The van der Waals surface area contributed by atoms with Gasteiger partial charge in [0.1, 0.15) is 5.82 Å². The number of hydrogen-bond acceptors (Lipinski definition) is 5. The molecule has 106 valence electrons. The number of aromatic nitrogens is 2. The quantitative estimate of drug-likeness (QED) is 0.894. The van der Waals surface area contributed by atoms with Gasteiger partial charge in [0.05, 0.1) is 11.6 Å². The average Bonchev–Trinajstić information content (AvgIpc) is 2.93. The van der Waals surface area contributed by atoms with Crippen molar-refractivity contribution in [3.8, 4) is 0 Å². The largest absolute Gasteiger partial charge is 0.383 e. The van der Waals surface area contributed by atoms with Crippen LogP contribution in [0.3, 0.4) is 0 Å². The fourth-order valence-electron chi connectivity index (χ4n) is 2.95. The molecular formula is C15H20N4O. The molecule has 0 bridgehead atoms. The van der Waals surface area contributed by atoms with Gasteiger partial charge in [-0.15, -0.1) is 0 Å². The summed E-state index contributed by atoms with van der Waals surface area (Å²) in [6, 6.07) is 7.78. The molecule has 3 rings (SSSR count). The third-order valence-corrected chi connectivity index (χ3v) is 4.05. The van der Waals surface area contributed by atoms with E-state index in [0.717, 1.165) is 23.9 Å². The van der Waals surface area contributed by atoms with E-state index in [1.54, 1.807) is 7.11 Å². The Hall–Kier alpha value is -1.88. The summed E-state index contributed by atoms with van der Waals surface area (Å²) in [6.07, 6.45) is 3.91. The SMILES string of the molecule is COC1CCCC1CNc1nc(N)c2ccccc2n1. The van der Waals surface area contributed by atoms with Crippen LogP contribution in [0.15, 0.2) is 24.3 Å². The number of ether oxygens (including phenoxy) is 1. The number of nitrogens with zero attached hydrogens (tertiary/aromatic N) is 2. The maximum absolute atomic E-state index is 5.98. The average molecular weight is 272 g/mol. The summed E-state index contributed by atoms with van der Waals surface area (Å²) in [6.45, 7) is 0.830. The van der Waals surface area contributed by atoms with Gasteiger partial charge >= 0.3 is 0 Å². The van der Waals surface area contributed by atoms with Crippen LogP contribution in [-0.4, -0.2) is 29.7 Å². The number of fused-ring (bicyclic) bond motifs is 1. The van der Waals surface area contributed by atoms with E-state index < -0.39 is 0 Å². The van der Waals surface area contributed by atoms with Crippen LogP contribution in [0.2, 0.25) is 0 Å². The molecule has 20 heavy (non-hydrogen) atoms. The van der Waals surface area contributed by atoms with E-state index in [2.05, 4.69) is 15.3 Å². The topological polar surface area (TPSA) is 73.1 Å². The highest BCUT2D eigenvalue weighted by molar-refractivity contribution is 5.88. The molecule has 1 aliphatic rings. The molecule has 2 aromatic rings. The maximum atomic E-state index is 5.98. The maximum Gasteiger partial charge on any atom is 0.225 e. The minimum atomic E-state index is 0.348. The third-order valence-electron chi connectivity index (χ3n) is 4.05. The second-order valence-corrected chi connectivity index (χ2v) is 5.30. The van der Waals surface area contributed by atoms with E-state index in [1.165, 1.54) is 12.8 Å². The van der Waals surface area contributed by atoms with E-state index >= 15 is 0 Å². The molecule has 0 radical (unpaired) electrons. The lowest BCUT2D eigenvalue weighted by atomic mass is 10.1. The Morgan fingerprint density at radius 2 is 2.15 bits per heavy atom. The lowest BCUT2D eigenvalue weighted by Crippen LogP contribution is -2.24. The van der Waals surface area contributed by atoms with Crippen molar-refractivity contribution in [1.82, 2.24) is 9.97 Å². The molecule has 0 saturated heterocycles. The van der Waals surface area contributed by atoms with Gasteiger partial charge in [0.2, 0.25) is 5.95 Å². The van der Waals surface area contributed by atoms with Crippen molar-refractivity contribution in [1.29, 1.82) is 0 Å². The van der Waals surface area contributed by atoms with E-state index in [4.69, 9.17) is 10.5 Å². The zero-order valence-electron chi connectivity index (χ0n) is 11.7. The van der Waals surface area contributed by atoms with Crippen molar-refractivity contribution in [2.24, 2.45) is 5.92 Å². The minimum absolute atomic E-state index is 0.348. The van der Waals surface area contributed by atoms with Gasteiger partial charge in [-0.1, -0.05) is 18.6 Å². The summed E-state index contributed by atoms with van der Waals surface area (Å²) < 4.78 is 5.50. The number of para-hydroxylation sites is 1. The molecule has 1 aromatic heterocycles. The molecule has 1 heterocycles. The Morgan fingerprint density at radius 3 is 3.00 bits per heavy atom. The number of anilines is 2. The Kier molecular flexibility index (Phi) is 3.69. The van der Waals surface area contributed by atoms with Crippen molar-refractivity contribution in [3.63, 3.8) is 0 Å². The van der Waals surface area contributed by atoms with Crippen molar-refractivity contribution in [2.45, 2.75) is 25.4 Å². The summed E-state index contributed by atoms with van der Waals surface area (Å²) >= 11 is 0. The Balaban J connectivity index is 1.74. The van der Waals surface area contributed by atoms with Gasteiger partial charge in [-0.25, -0.2) is 4.98 Å².